The Morgan fingerprint density at radius 3 is 3.00 bits per heavy atom. The zero-order valence-electron chi connectivity index (χ0n) is 5.34. The molecule has 1 rings (SSSR count). The van der Waals surface area contributed by atoms with Crippen LogP contribution in [0.3, 0.4) is 0 Å². The molecule has 0 radical (unpaired) electrons. The predicted octanol–water partition coefficient (Wildman–Crippen LogP) is 1.16. The zero-order valence-corrected chi connectivity index (χ0v) is 5.34. The molecule has 0 atom stereocenters. The van der Waals surface area contributed by atoms with E-state index < -0.39 is 0 Å². The van der Waals surface area contributed by atoms with Crippen LogP contribution in [0.4, 0.5) is 4.39 Å². The third-order valence-corrected chi connectivity index (χ3v) is 1.08. The van der Waals surface area contributed by atoms with E-state index in [-0.39, 0.29) is 6.67 Å². The number of hydrogen-bond donors (Lipinski definition) is 0. The van der Waals surface area contributed by atoms with Crippen LogP contribution in [-0.4, -0.2) is 16.5 Å². The first-order chi connectivity index (χ1) is 4.33. The molecule has 0 aliphatic carbocycles. The molecule has 1 aromatic heterocycles. The van der Waals surface area contributed by atoms with Crippen molar-refractivity contribution in [2.24, 2.45) is 0 Å². The van der Waals surface area contributed by atoms with Crippen molar-refractivity contribution in [3.05, 3.63) is 18.0 Å². The molecule has 0 unspecified atom stereocenters. The fourth-order valence-electron chi connectivity index (χ4n) is 0.676. The van der Waals surface area contributed by atoms with Gasteiger partial charge in [0.1, 0.15) is 6.67 Å². The van der Waals surface area contributed by atoms with Gasteiger partial charge in [0.25, 0.3) is 0 Å². The Hall–Kier alpha value is -0.860. The molecule has 0 saturated carbocycles. The van der Waals surface area contributed by atoms with Crippen LogP contribution in [0.2, 0.25) is 0 Å². The van der Waals surface area contributed by atoms with Crippen LogP contribution in [0.15, 0.2) is 12.4 Å². The van der Waals surface area contributed by atoms with Gasteiger partial charge in [0.2, 0.25) is 0 Å². The maximum atomic E-state index is 11.6. The van der Waals surface area contributed by atoms with Crippen molar-refractivity contribution in [3.8, 4) is 0 Å². The van der Waals surface area contributed by atoms with E-state index in [9.17, 15) is 4.39 Å². The van der Waals surface area contributed by atoms with Gasteiger partial charge in [-0.2, -0.15) is 5.10 Å². The Morgan fingerprint density at radius 2 is 2.56 bits per heavy atom. The molecule has 0 aliphatic rings. The Kier molecular flexibility index (Phi) is 1.82. The van der Waals surface area contributed by atoms with Crippen molar-refractivity contribution in [2.75, 3.05) is 6.67 Å². The van der Waals surface area contributed by atoms with E-state index in [2.05, 4.69) is 5.10 Å². The topological polar surface area (TPSA) is 17.8 Å². The van der Waals surface area contributed by atoms with E-state index in [0.29, 0.717) is 6.54 Å². The van der Waals surface area contributed by atoms with Gasteiger partial charge in [-0.1, -0.05) is 0 Å². The van der Waals surface area contributed by atoms with Gasteiger partial charge < -0.3 is 0 Å². The number of alkyl halides is 1. The summed E-state index contributed by atoms with van der Waals surface area (Å²) in [5, 5.41) is 3.88. The van der Waals surface area contributed by atoms with E-state index in [4.69, 9.17) is 0 Å². The van der Waals surface area contributed by atoms with Crippen molar-refractivity contribution in [1.29, 1.82) is 0 Å². The highest BCUT2D eigenvalue weighted by Crippen LogP contribution is 1.92. The summed E-state index contributed by atoms with van der Waals surface area (Å²) >= 11 is 0. The van der Waals surface area contributed by atoms with Gasteiger partial charge in [-0.3, -0.25) is 4.68 Å². The Balaban J connectivity index is 2.61. The van der Waals surface area contributed by atoms with E-state index >= 15 is 0 Å². The summed E-state index contributed by atoms with van der Waals surface area (Å²) in [4.78, 5) is 0. The highest BCUT2D eigenvalue weighted by Gasteiger charge is 1.90. The van der Waals surface area contributed by atoms with Gasteiger partial charge in [0.05, 0.1) is 12.7 Å². The lowest BCUT2D eigenvalue weighted by atomic mass is 10.4. The standard InChI is InChI=1S/C6H9FN2/c1-6-4-8-9(5-6)3-2-7/h4-5H,2-3H2,1H3. The minimum absolute atomic E-state index is 0.346. The second kappa shape index (κ2) is 2.62. The second-order valence-corrected chi connectivity index (χ2v) is 1.97. The highest BCUT2D eigenvalue weighted by atomic mass is 19.1. The molecule has 9 heavy (non-hydrogen) atoms. The lowest BCUT2D eigenvalue weighted by Crippen LogP contribution is -1.98. The van der Waals surface area contributed by atoms with Crippen LogP contribution in [0.1, 0.15) is 5.56 Å². The number of halogens is 1. The molecule has 0 fully saturated rings. The van der Waals surface area contributed by atoms with E-state index in [1.807, 2.05) is 13.1 Å². The number of aryl methyl sites for hydroxylation is 2. The molecule has 0 aromatic carbocycles. The van der Waals surface area contributed by atoms with Crippen LogP contribution in [0.25, 0.3) is 0 Å². The normalized spacial score (nSPS) is 10.0. The molecule has 0 spiro atoms. The SMILES string of the molecule is Cc1cnn(CCF)c1. The maximum absolute atomic E-state index is 11.6. The molecule has 1 heterocycles. The summed E-state index contributed by atoms with van der Waals surface area (Å²) in [7, 11) is 0. The van der Waals surface area contributed by atoms with Crippen LogP contribution in [0.5, 0.6) is 0 Å². The van der Waals surface area contributed by atoms with Crippen molar-refractivity contribution in [2.45, 2.75) is 13.5 Å². The minimum atomic E-state index is -0.346. The quantitative estimate of drug-likeness (QED) is 0.584. The molecule has 0 amide bonds. The van der Waals surface area contributed by atoms with Gasteiger partial charge in [-0.15, -0.1) is 0 Å². The molecular formula is C6H9FN2. The third-order valence-electron chi connectivity index (χ3n) is 1.08. The fraction of sp³-hybridized carbons (Fsp3) is 0.500. The summed E-state index contributed by atoms with van der Waals surface area (Å²) in [5.41, 5.74) is 1.07. The summed E-state index contributed by atoms with van der Waals surface area (Å²) < 4.78 is 13.2. The van der Waals surface area contributed by atoms with Gasteiger partial charge in [-0.25, -0.2) is 4.39 Å². The van der Waals surface area contributed by atoms with Gasteiger partial charge in [0.15, 0.2) is 0 Å². The molecule has 50 valence electrons. The lowest BCUT2D eigenvalue weighted by molar-refractivity contribution is 0.427. The van der Waals surface area contributed by atoms with Gasteiger partial charge in [-0.05, 0) is 12.5 Å². The van der Waals surface area contributed by atoms with Crippen molar-refractivity contribution < 1.29 is 4.39 Å². The molecule has 2 nitrogen and oxygen atoms in total. The summed E-state index contributed by atoms with van der Waals surface area (Å²) in [5.74, 6) is 0. The van der Waals surface area contributed by atoms with Crippen molar-refractivity contribution in [3.63, 3.8) is 0 Å². The number of nitrogens with zero attached hydrogens (tertiary/aromatic N) is 2. The maximum Gasteiger partial charge on any atom is 0.109 e. The molecular weight excluding hydrogens is 119 g/mol. The summed E-state index contributed by atoms with van der Waals surface area (Å²) in [6, 6.07) is 0. The number of rotatable bonds is 2. The minimum Gasteiger partial charge on any atom is -0.270 e. The Labute approximate surface area is 53.3 Å². The number of aromatic nitrogens is 2. The van der Waals surface area contributed by atoms with Crippen molar-refractivity contribution in [1.82, 2.24) is 9.78 Å². The molecule has 1 aromatic rings. The smallest absolute Gasteiger partial charge is 0.109 e. The van der Waals surface area contributed by atoms with Crippen molar-refractivity contribution >= 4 is 0 Å². The molecule has 3 heteroatoms. The molecule has 0 aliphatic heterocycles. The van der Waals surface area contributed by atoms with E-state index in [0.717, 1.165) is 5.56 Å². The first kappa shape index (κ1) is 6.26. The first-order valence-electron chi connectivity index (χ1n) is 2.88. The summed E-state index contributed by atoms with van der Waals surface area (Å²) in [6.07, 6.45) is 3.54. The Bertz CT molecular complexity index is 183. The van der Waals surface area contributed by atoms with E-state index in [1.54, 1.807) is 10.9 Å². The molecule has 0 saturated heterocycles. The van der Waals surface area contributed by atoms with Gasteiger partial charge >= 0.3 is 0 Å². The highest BCUT2D eigenvalue weighted by molar-refractivity contribution is 4.99. The Morgan fingerprint density at radius 1 is 1.78 bits per heavy atom. The van der Waals surface area contributed by atoms with Crippen LogP contribution in [0, 0.1) is 6.92 Å². The first-order valence-corrected chi connectivity index (χ1v) is 2.88. The molecule has 0 N–H and O–H groups in total. The second-order valence-electron chi connectivity index (χ2n) is 1.97. The van der Waals surface area contributed by atoms with Gasteiger partial charge in [0, 0.05) is 6.20 Å². The van der Waals surface area contributed by atoms with Crippen LogP contribution in [-0.2, 0) is 6.54 Å². The molecule has 0 bridgehead atoms. The third kappa shape index (κ3) is 1.52. The fourth-order valence-corrected chi connectivity index (χ4v) is 0.676. The summed E-state index contributed by atoms with van der Waals surface area (Å²) in [6.45, 7) is 1.96. The average molecular weight is 128 g/mol. The predicted molar refractivity (Wildman–Crippen MR) is 32.9 cm³/mol. The van der Waals surface area contributed by atoms with Crippen LogP contribution >= 0.6 is 0 Å². The lowest BCUT2D eigenvalue weighted by Gasteiger charge is -1.91. The zero-order chi connectivity index (χ0) is 6.69. The van der Waals surface area contributed by atoms with E-state index in [1.165, 1.54) is 0 Å². The monoisotopic (exact) mass is 128 g/mol. The average Bonchev–Trinajstić information content (AvgIpc) is 2.17. The largest absolute Gasteiger partial charge is 0.270 e. The van der Waals surface area contributed by atoms with Crippen LogP contribution < -0.4 is 0 Å². The number of hydrogen-bond acceptors (Lipinski definition) is 1.